The third kappa shape index (κ3) is 3.40. The van der Waals surface area contributed by atoms with E-state index in [0.29, 0.717) is 10.2 Å². The third-order valence-corrected chi connectivity index (χ3v) is 3.18. The number of aromatic nitrogens is 2. The molecule has 19 heavy (non-hydrogen) atoms. The van der Waals surface area contributed by atoms with Crippen molar-refractivity contribution in [1.29, 1.82) is 0 Å². The zero-order valence-electron chi connectivity index (χ0n) is 9.95. The molecule has 0 aliphatic heterocycles. The molecule has 7 heteroatoms. The molecule has 1 aromatic heterocycles. The van der Waals surface area contributed by atoms with E-state index in [0.717, 1.165) is 5.69 Å². The van der Waals surface area contributed by atoms with Crippen molar-refractivity contribution >= 4 is 27.5 Å². The van der Waals surface area contributed by atoms with Crippen LogP contribution in [0.1, 0.15) is 11.4 Å². The monoisotopic (exact) mass is 345 g/mol. The van der Waals surface area contributed by atoms with Crippen molar-refractivity contribution in [2.75, 3.05) is 0 Å². The number of hydrogen-bond acceptors (Lipinski definition) is 4. The molecule has 2 N–H and O–H groups in total. The highest BCUT2D eigenvalue weighted by atomic mass is 79.9. The van der Waals surface area contributed by atoms with Crippen molar-refractivity contribution in [2.24, 2.45) is 5.73 Å². The second kappa shape index (κ2) is 5.81. The summed E-state index contributed by atoms with van der Waals surface area (Å²) < 4.78 is 19.4. The van der Waals surface area contributed by atoms with E-state index in [1.807, 2.05) is 0 Å². The van der Waals surface area contributed by atoms with Crippen LogP contribution in [-0.4, -0.2) is 9.97 Å². The van der Waals surface area contributed by atoms with Gasteiger partial charge < -0.3 is 10.5 Å². The Morgan fingerprint density at radius 1 is 1.37 bits per heavy atom. The molecule has 0 saturated carbocycles. The largest absolute Gasteiger partial charge is 0.423 e. The lowest BCUT2D eigenvalue weighted by atomic mass is 10.3. The molecule has 2 aromatic rings. The molecule has 1 aromatic carbocycles. The lowest BCUT2D eigenvalue weighted by Crippen LogP contribution is -2.03. The van der Waals surface area contributed by atoms with Crippen molar-refractivity contribution in [3.63, 3.8) is 0 Å². The number of aryl methyl sites for hydroxylation is 1. The molecule has 0 unspecified atom stereocenters. The molecule has 0 bridgehead atoms. The van der Waals surface area contributed by atoms with Crippen molar-refractivity contribution < 1.29 is 9.13 Å². The highest BCUT2D eigenvalue weighted by molar-refractivity contribution is 9.10. The van der Waals surface area contributed by atoms with Gasteiger partial charge in [0.05, 0.1) is 15.2 Å². The molecule has 1 heterocycles. The van der Waals surface area contributed by atoms with Crippen molar-refractivity contribution in [3.8, 4) is 11.8 Å². The van der Waals surface area contributed by atoms with Crippen LogP contribution in [0.3, 0.4) is 0 Å². The molecule has 4 nitrogen and oxygen atoms in total. The van der Waals surface area contributed by atoms with E-state index in [1.165, 1.54) is 12.1 Å². The highest BCUT2D eigenvalue weighted by Gasteiger charge is 2.11. The summed E-state index contributed by atoms with van der Waals surface area (Å²) in [5.74, 6) is -0.331. The summed E-state index contributed by atoms with van der Waals surface area (Å²) in [4.78, 5) is 8.21. The fourth-order valence-electron chi connectivity index (χ4n) is 1.44. The first-order valence-electron chi connectivity index (χ1n) is 5.36. The third-order valence-electron chi connectivity index (χ3n) is 2.27. The van der Waals surface area contributed by atoms with Gasteiger partial charge in [-0.15, -0.1) is 0 Å². The van der Waals surface area contributed by atoms with Crippen LogP contribution in [0.2, 0.25) is 5.02 Å². The molecule has 0 spiro atoms. The van der Waals surface area contributed by atoms with Crippen molar-refractivity contribution in [2.45, 2.75) is 13.5 Å². The summed E-state index contributed by atoms with van der Waals surface area (Å²) in [7, 11) is 0. The van der Waals surface area contributed by atoms with Crippen LogP contribution < -0.4 is 10.5 Å². The Morgan fingerprint density at radius 3 is 2.79 bits per heavy atom. The molecule has 0 atom stereocenters. The number of rotatable bonds is 3. The van der Waals surface area contributed by atoms with Gasteiger partial charge in [0.25, 0.3) is 0 Å². The van der Waals surface area contributed by atoms with Crippen LogP contribution in [0.4, 0.5) is 4.39 Å². The number of hydrogen-bond donors (Lipinski definition) is 1. The molecular formula is C12H10BrClFN3O. The normalized spacial score (nSPS) is 10.6. The van der Waals surface area contributed by atoms with Crippen LogP contribution in [0.25, 0.3) is 0 Å². The van der Waals surface area contributed by atoms with Gasteiger partial charge in [-0.2, -0.15) is 4.98 Å². The lowest BCUT2D eigenvalue weighted by Gasteiger charge is -2.08. The highest BCUT2D eigenvalue weighted by Crippen LogP contribution is 2.32. The minimum Gasteiger partial charge on any atom is -0.423 e. The van der Waals surface area contributed by atoms with Crippen LogP contribution in [0.5, 0.6) is 11.8 Å². The minimum absolute atomic E-state index is 0.00651. The molecule has 100 valence electrons. The van der Waals surface area contributed by atoms with Crippen molar-refractivity contribution in [1.82, 2.24) is 9.97 Å². The van der Waals surface area contributed by atoms with Gasteiger partial charge in [-0.1, -0.05) is 11.6 Å². The maximum Gasteiger partial charge on any atom is 0.322 e. The molecule has 0 fully saturated rings. The number of nitrogens with zero attached hydrogens (tertiary/aromatic N) is 2. The van der Waals surface area contributed by atoms with Gasteiger partial charge in [-0.05, 0) is 35.0 Å². The Bertz CT molecular complexity index is 624. The second-order valence-corrected chi connectivity index (χ2v) is 5.05. The molecule has 0 amide bonds. The maximum atomic E-state index is 13.4. The molecule has 0 aliphatic rings. The molecule has 0 aliphatic carbocycles. The van der Waals surface area contributed by atoms with Gasteiger partial charge in [-0.25, -0.2) is 9.37 Å². The summed E-state index contributed by atoms with van der Waals surface area (Å²) in [6, 6.07) is 4.44. The summed E-state index contributed by atoms with van der Waals surface area (Å²) in [6.45, 7) is 2.07. The zero-order chi connectivity index (χ0) is 14.0. The Hall–Kier alpha value is -1.24. The lowest BCUT2D eigenvalue weighted by molar-refractivity contribution is 0.431. The summed E-state index contributed by atoms with van der Waals surface area (Å²) in [5, 5.41) is 0.00651. The molecule has 0 radical (unpaired) electrons. The van der Waals surface area contributed by atoms with Gasteiger partial charge in [0.2, 0.25) is 0 Å². The number of halogens is 3. The van der Waals surface area contributed by atoms with E-state index in [-0.39, 0.29) is 23.3 Å². The Kier molecular flexibility index (Phi) is 4.34. The van der Waals surface area contributed by atoms with E-state index < -0.39 is 5.82 Å². The predicted molar refractivity (Wildman–Crippen MR) is 73.8 cm³/mol. The standard InChI is InChI=1S/C12H10BrClFN3O/c1-6-2-7(5-16)18-12(17-6)19-11-4-10(15)9(14)3-8(11)13/h2-4H,5,16H2,1H3. The first-order chi connectivity index (χ1) is 8.99. The average Bonchev–Trinajstić information content (AvgIpc) is 2.35. The fraction of sp³-hybridized carbons (Fsp3) is 0.167. The second-order valence-electron chi connectivity index (χ2n) is 3.79. The Balaban J connectivity index is 2.36. The number of benzene rings is 1. The predicted octanol–water partition coefficient (Wildman–Crippen LogP) is 3.59. The van der Waals surface area contributed by atoms with Gasteiger partial charge in [-0.3, -0.25) is 0 Å². The Morgan fingerprint density at radius 2 is 2.11 bits per heavy atom. The topological polar surface area (TPSA) is 61.0 Å². The van der Waals surface area contributed by atoms with Gasteiger partial charge in [0, 0.05) is 18.3 Å². The number of nitrogens with two attached hydrogens (primary N) is 1. The molecular weight excluding hydrogens is 337 g/mol. The molecule has 0 saturated heterocycles. The summed E-state index contributed by atoms with van der Waals surface area (Å²) in [6.07, 6.45) is 0. The van der Waals surface area contributed by atoms with Crippen LogP contribution in [0, 0.1) is 12.7 Å². The van der Waals surface area contributed by atoms with E-state index in [2.05, 4.69) is 25.9 Å². The van der Waals surface area contributed by atoms with Gasteiger partial charge in [0.1, 0.15) is 11.6 Å². The van der Waals surface area contributed by atoms with E-state index in [1.54, 1.807) is 13.0 Å². The molecule has 2 rings (SSSR count). The van der Waals surface area contributed by atoms with Gasteiger partial charge in [0.15, 0.2) is 0 Å². The maximum absolute atomic E-state index is 13.4. The van der Waals surface area contributed by atoms with Gasteiger partial charge >= 0.3 is 6.01 Å². The van der Waals surface area contributed by atoms with Crippen molar-refractivity contribution in [3.05, 3.63) is 44.9 Å². The zero-order valence-corrected chi connectivity index (χ0v) is 12.3. The Labute approximate surface area is 122 Å². The minimum atomic E-state index is -0.577. The van der Waals surface area contributed by atoms with Crippen LogP contribution in [-0.2, 0) is 6.54 Å². The first-order valence-corrected chi connectivity index (χ1v) is 6.53. The fourth-order valence-corrected chi connectivity index (χ4v) is 2.16. The van der Waals surface area contributed by atoms with Crippen LogP contribution in [0.15, 0.2) is 22.7 Å². The first kappa shape index (κ1) is 14.2. The SMILES string of the molecule is Cc1cc(CN)nc(Oc2cc(F)c(Cl)cc2Br)n1. The average molecular weight is 347 g/mol. The quantitative estimate of drug-likeness (QED) is 0.863. The van der Waals surface area contributed by atoms with E-state index >= 15 is 0 Å². The van der Waals surface area contributed by atoms with E-state index in [4.69, 9.17) is 22.1 Å². The summed E-state index contributed by atoms with van der Waals surface area (Å²) in [5.41, 5.74) is 6.89. The van der Waals surface area contributed by atoms with Crippen LogP contribution >= 0.6 is 27.5 Å². The number of ether oxygens (including phenoxy) is 1. The summed E-state index contributed by atoms with van der Waals surface area (Å²) >= 11 is 8.89. The smallest absolute Gasteiger partial charge is 0.322 e. The van der Waals surface area contributed by atoms with E-state index in [9.17, 15) is 4.39 Å².